The second kappa shape index (κ2) is 10.9. The number of carbonyl (C=O) groups excluding carboxylic acids is 6. The van der Waals surface area contributed by atoms with Crippen molar-refractivity contribution in [2.75, 3.05) is 7.11 Å². The lowest BCUT2D eigenvalue weighted by Gasteiger charge is -2.77. The van der Waals surface area contributed by atoms with Crippen LogP contribution in [0.15, 0.2) is 23.0 Å². The number of aliphatic hydroxyl groups is 2. The number of aliphatic hydroxyl groups excluding tert-OH is 1. The van der Waals surface area contributed by atoms with Gasteiger partial charge in [-0.2, -0.15) is 0 Å². The van der Waals surface area contributed by atoms with Crippen molar-refractivity contribution in [1.82, 2.24) is 0 Å². The van der Waals surface area contributed by atoms with E-state index in [-0.39, 0.29) is 18.4 Å². The molecule has 1 aromatic heterocycles. The lowest BCUT2D eigenvalue weighted by atomic mass is 9.33. The van der Waals surface area contributed by atoms with E-state index >= 15 is 0 Å². The Labute approximate surface area is 326 Å². The molecular formula is C39H46O18. The predicted molar refractivity (Wildman–Crippen MR) is 180 cm³/mol. The van der Waals surface area contributed by atoms with Gasteiger partial charge in [-0.15, -0.1) is 0 Å². The van der Waals surface area contributed by atoms with Gasteiger partial charge in [-0.3, -0.25) is 24.0 Å². The van der Waals surface area contributed by atoms with Crippen molar-refractivity contribution in [3.05, 3.63) is 24.2 Å². The minimum atomic E-state index is -2.43. The second-order valence-electron chi connectivity index (χ2n) is 18.0. The van der Waals surface area contributed by atoms with E-state index in [9.17, 15) is 39.0 Å². The molecule has 4 bridgehead atoms. The number of fused-ring (bicyclic) bond motifs is 3. The molecule has 0 aromatic carbocycles. The van der Waals surface area contributed by atoms with E-state index < -0.39 is 141 Å². The van der Waals surface area contributed by atoms with Crippen LogP contribution in [0.5, 0.6) is 0 Å². The Kier molecular flexibility index (Phi) is 7.37. The highest BCUT2D eigenvalue weighted by Gasteiger charge is 3.11. The summed E-state index contributed by atoms with van der Waals surface area (Å²) in [6, 6.07) is 1.52. The van der Waals surface area contributed by atoms with Gasteiger partial charge < -0.3 is 57.3 Å². The molecule has 18 nitrogen and oxygen atoms in total. The van der Waals surface area contributed by atoms with Gasteiger partial charge in [-0.05, 0) is 24.8 Å². The number of rotatable bonds is 8. The third kappa shape index (κ3) is 3.70. The number of carbonyl (C=O) groups is 6. The predicted octanol–water partition coefficient (Wildman–Crippen LogP) is 1.31. The number of cyclic esters (lactones) is 1. The Morgan fingerprint density at radius 1 is 0.947 bits per heavy atom. The molecule has 3 aliphatic heterocycles. The van der Waals surface area contributed by atoms with Crippen LogP contribution >= 0.6 is 0 Å². The molecule has 0 amide bonds. The molecular weight excluding hydrogens is 756 g/mol. The number of hydrogen-bond acceptors (Lipinski definition) is 18. The number of furan rings is 1. The van der Waals surface area contributed by atoms with Crippen LogP contribution in [0.4, 0.5) is 0 Å². The maximum atomic E-state index is 14.6. The highest BCUT2D eigenvalue weighted by atomic mass is 17.0. The number of esters is 6. The molecule has 4 heterocycles. The van der Waals surface area contributed by atoms with Gasteiger partial charge in [0.1, 0.15) is 41.2 Å². The normalized spacial score (nSPS) is 51.2. The van der Waals surface area contributed by atoms with Gasteiger partial charge in [0, 0.05) is 50.5 Å². The van der Waals surface area contributed by atoms with Crippen LogP contribution in [0.1, 0.15) is 86.3 Å². The van der Waals surface area contributed by atoms with Crippen LogP contribution < -0.4 is 0 Å². The van der Waals surface area contributed by atoms with Crippen molar-refractivity contribution in [1.29, 1.82) is 0 Å². The minimum Gasteiger partial charge on any atom is -0.472 e. The fraction of sp³-hybridized carbons (Fsp3) is 0.744. The van der Waals surface area contributed by atoms with Gasteiger partial charge in [0.05, 0.1) is 36.4 Å². The van der Waals surface area contributed by atoms with E-state index in [0.717, 1.165) is 20.8 Å². The van der Waals surface area contributed by atoms with E-state index in [2.05, 4.69) is 0 Å². The first-order valence-electron chi connectivity index (χ1n) is 19.0. The average Bonchev–Trinajstić information content (AvgIpc) is 3.47. The Morgan fingerprint density at radius 2 is 1.60 bits per heavy atom. The van der Waals surface area contributed by atoms with Crippen LogP contribution in [0.2, 0.25) is 0 Å². The summed E-state index contributed by atoms with van der Waals surface area (Å²) in [4.78, 5) is 82.0. The van der Waals surface area contributed by atoms with Crippen LogP contribution in [0.25, 0.3) is 0 Å². The Bertz CT molecular complexity index is 2030. The second-order valence-corrected chi connectivity index (χ2v) is 18.0. The summed E-state index contributed by atoms with van der Waals surface area (Å²) < 4.78 is 62.4. The van der Waals surface area contributed by atoms with Crippen molar-refractivity contribution in [3.8, 4) is 0 Å². The maximum absolute atomic E-state index is 14.6. The summed E-state index contributed by atoms with van der Waals surface area (Å²) in [5, 5.41) is 27.4. The Morgan fingerprint density at radius 3 is 2.18 bits per heavy atom. The van der Waals surface area contributed by atoms with Gasteiger partial charge in [0.25, 0.3) is 5.97 Å². The highest BCUT2D eigenvalue weighted by Crippen LogP contribution is 2.96. The largest absolute Gasteiger partial charge is 0.472 e. The Balaban J connectivity index is 1.45. The molecule has 18 heteroatoms. The summed E-state index contributed by atoms with van der Waals surface area (Å²) in [6.45, 7) is 11.1. The van der Waals surface area contributed by atoms with E-state index in [1.165, 1.54) is 32.6 Å². The zero-order valence-corrected chi connectivity index (χ0v) is 32.9. The third-order valence-electron chi connectivity index (χ3n) is 15.3. The highest BCUT2D eigenvalue weighted by molar-refractivity contribution is 5.84. The van der Waals surface area contributed by atoms with Crippen LogP contribution in [0, 0.1) is 33.5 Å². The van der Waals surface area contributed by atoms with E-state index in [0.29, 0.717) is 0 Å². The monoisotopic (exact) mass is 802 g/mol. The summed E-state index contributed by atoms with van der Waals surface area (Å²) in [5.41, 5.74) is -16.4. The number of ether oxygens (including phenoxy) is 9. The molecule has 5 aliphatic carbocycles. The lowest BCUT2D eigenvalue weighted by molar-refractivity contribution is -0.470. The van der Waals surface area contributed by atoms with Crippen LogP contribution in [-0.2, 0) is 71.4 Å². The zero-order valence-electron chi connectivity index (χ0n) is 32.9. The smallest absolute Gasteiger partial charge is 0.348 e. The first kappa shape index (κ1) is 38.4. The van der Waals surface area contributed by atoms with Gasteiger partial charge in [-0.25, -0.2) is 4.79 Å². The quantitative estimate of drug-likeness (QED) is 0.278. The lowest BCUT2D eigenvalue weighted by Crippen LogP contribution is -2.97. The van der Waals surface area contributed by atoms with Crippen LogP contribution in [0.3, 0.4) is 0 Å². The standard InChI is InChI=1S/C39H46O18/c1-16(2)27(45)54-37-29(52-19(5)42)31(6)14-36(37,47)32(7,21(31)12-22(43)48-9)38-23(44)25(50-17(3)40)34-15-35(34,39(38)30(37)55-33(8,56-38)57-39)26(51-18(4)41)28(46)53-24(34)20-10-11-49-13-20/h10-11,13,16,21,23-26,29-30,44,47H,12,14-15H2,1-9H3/t21-,23+,24-,25-,26-,29+,30+,31+,32+,33+,34+,35+,36+,37-,38-,39-/m0/s1. The van der Waals surface area contributed by atoms with Gasteiger partial charge in [0.2, 0.25) is 11.7 Å². The SMILES string of the molecule is COC(=O)C[C@H]1[C@@]2(C)C[C@]3(O)[C@](OC(=O)C(C)C)([C@@H]2OC(C)=O)[C@H]2O[C@]4(C)O[C@@]5([C@H](O)[C@H](OC(C)=O)[C@]67C[C@]6([C@@H](OC(C)=O)C(=O)O[C@H]7c6ccoc6)[C@@]25O4)[C@]13C. The molecule has 1 spiro atoms. The number of methoxy groups -OCH3 is 1. The van der Waals surface area contributed by atoms with Gasteiger partial charge in [-0.1, -0.05) is 27.7 Å². The van der Waals surface area contributed by atoms with Gasteiger partial charge in [0.15, 0.2) is 6.10 Å². The zero-order chi connectivity index (χ0) is 41.5. The summed E-state index contributed by atoms with van der Waals surface area (Å²) in [6.07, 6.45) is -8.61. The van der Waals surface area contributed by atoms with Crippen molar-refractivity contribution in [3.63, 3.8) is 0 Å². The van der Waals surface area contributed by atoms with Crippen LogP contribution in [-0.4, -0.2) is 112 Å². The van der Waals surface area contributed by atoms with Crippen molar-refractivity contribution in [2.45, 2.75) is 140 Å². The molecule has 0 radical (unpaired) electrons. The molecule has 1 aromatic rings. The molecule has 57 heavy (non-hydrogen) atoms. The van der Waals surface area contributed by atoms with Crippen molar-refractivity contribution >= 4 is 35.8 Å². The summed E-state index contributed by atoms with van der Waals surface area (Å²) >= 11 is 0. The topological polar surface area (TPSA) is 239 Å². The molecule has 310 valence electrons. The van der Waals surface area contributed by atoms with E-state index in [4.69, 9.17) is 47.0 Å². The summed E-state index contributed by atoms with van der Waals surface area (Å²) in [7, 11) is 1.17. The minimum absolute atomic E-state index is 0.241. The molecule has 16 atom stereocenters. The van der Waals surface area contributed by atoms with Gasteiger partial charge >= 0.3 is 35.8 Å². The average molecular weight is 803 g/mol. The van der Waals surface area contributed by atoms with E-state index in [1.54, 1.807) is 27.7 Å². The molecule has 9 rings (SSSR count). The molecule has 2 N–H and O–H groups in total. The Hall–Kier alpha value is -4.10. The fourth-order valence-electron chi connectivity index (χ4n) is 14.0. The first-order valence-corrected chi connectivity index (χ1v) is 19.0. The summed E-state index contributed by atoms with van der Waals surface area (Å²) in [5.74, 6) is -9.40. The first-order chi connectivity index (χ1) is 26.5. The van der Waals surface area contributed by atoms with Crippen molar-refractivity contribution < 1.29 is 86.0 Å². The molecule has 3 saturated heterocycles. The van der Waals surface area contributed by atoms with E-state index in [1.807, 2.05) is 0 Å². The molecule has 8 fully saturated rings. The number of hydrogen-bond donors (Lipinski definition) is 2. The molecule has 0 unspecified atom stereocenters. The van der Waals surface area contributed by atoms with Crippen molar-refractivity contribution in [2.24, 2.45) is 33.5 Å². The molecule has 8 aliphatic rings. The fourth-order valence-corrected chi connectivity index (χ4v) is 14.0. The third-order valence-corrected chi connectivity index (χ3v) is 15.3. The molecule has 5 saturated carbocycles. The maximum Gasteiger partial charge on any atom is 0.348 e.